The third-order valence-corrected chi connectivity index (χ3v) is 5.52. The molecule has 8 heteroatoms. The summed E-state index contributed by atoms with van der Waals surface area (Å²) in [5.74, 6) is 5.00. The number of carbonyl (C=O) groups excluding carboxylic acids is 1. The number of ketones is 1. The number of ether oxygens (including phenoxy) is 1. The van der Waals surface area contributed by atoms with Crippen LogP contribution in [0.2, 0.25) is 0 Å². The number of hydrogen-bond acceptors (Lipinski definition) is 5. The summed E-state index contributed by atoms with van der Waals surface area (Å²) in [6.07, 6.45) is 1.41. The zero-order valence-electron chi connectivity index (χ0n) is 15.0. The van der Waals surface area contributed by atoms with Crippen LogP contribution in [0.3, 0.4) is 0 Å². The molecule has 1 aromatic heterocycles. The van der Waals surface area contributed by atoms with Crippen molar-refractivity contribution in [3.05, 3.63) is 59.8 Å². The summed E-state index contributed by atoms with van der Waals surface area (Å²) < 4.78 is 32.3. The lowest BCUT2D eigenvalue weighted by atomic mass is 10.1. The molecule has 0 saturated heterocycles. The molecular weight excluding hydrogens is 366 g/mol. The minimum Gasteiger partial charge on any atom is -0.494 e. The van der Waals surface area contributed by atoms with Crippen molar-refractivity contribution in [2.75, 3.05) is 21.2 Å². The van der Waals surface area contributed by atoms with E-state index in [0.717, 1.165) is 8.39 Å². The summed E-state index contributed by atoms with van der Waals surface area (Å²) in [6, 6.07) is 12.3. The van der Waals surface area contributed by atoms with Gasteiger partial charge in [-0.3, -0.25) is 4.79 Å². The molecule has 0 amide bonds. The predicted octanol–water partition coefficient (Wildman–Crippen LogP) is 1.93. The standard InChI is InChI=1S/C19H17N3O4S/c1-21(2)27(24,25)22-18-15(13-20-22)10-11-16(19(18)26-3)17(23)12-9-14-7-5-4-6-8-14/h4-8,10-11,13H,1-3H3. The molecule has 7 nitrogen and oxygen atoms in total. The molecular formula is C19H17N3O4S. The Kier molecular flexibility index (Phi) is 4.99. The van der Waals surface area contributed by atoms with E-state index in [1.807, 2.05) is 18.2 Å². The van der Waals surface area contributed by atoms with Crippen molar-refractivity contribution in [2.45, 2.75) is 0 Å². The molecule has 0 aliphatic carbocycles. The van der Waals surface area contributed by atoms with Gasteiger partial charge < -0.3 is 4.74 Å². The minimum atomic E-state index is -3.88. The van der Waals surface area contributed by atoms with Gasteiger partial charge >= 0.3 is 10.2 Å². The SMILES string of the molecule is COc1c(C(=O)C#Cc2ccccc2)ccc2cnn(S(=O)(=O)N(C)C)c12. The summed E-state index contributed by atoms with van der Waals surface area (Å²) in [4.78, 5) is 12.6. The average Bonchev–Trinajstić information content (AvgIpc) is 3.11. The lowest BCUT2D eigenvalue weighted by molar-refractivity contribution is 0.105. The van der Waals surface area contributed by atoms with Crippen LogP contribution < -0.4 is 4.74 Å². The molecule has 0 fully saturated rings. The van der Waals surface area contributed by atoms with Crippen LogP contribution in [0.4, 0.5) is 0 Å². The maximum atomic E-state index is 12.6. The van der Waals surface area contributed by atoms with Crippen LogP contribution in [0.5, 0.6) is 5.75 Å². The second-order valence-electron chi connectivity index (χ2n) is 5.81. The lowest BCUT2D eigenvalue weighted by Gasteiger charge is -2.14. The Morgan fingerprint density at radius 3 is 2.48 bits per heavy atom. The molecule has 0 saturated carbocycles. The van der Waals surface area contributed by atoms with Gasteiger partial charge in [-0.25, -0.2) is 0 Å². The first kappa shape index (κ1) is 18.6. The molecule has 0 radical (unpaired) electrons. The van der Waals surface area contributed by atoms with E-state index in [1.165, 1.54) is 27.4 Å². The minimum absolute atomic E-state index is 0.114. The Hall–Kier alpha value is -3.15. The fourth-order valence-electron chi connectivity index (χ4n) is 2.49. The van der Waals surface area contributed by atoms with Gasteiger partial charge in [0, 0.05) is 25.0 Å². The number of aromatic nitrogens is 2. The Balaban J connectivity index is 2.15. The maximum Gasteiger partial charge on any atom is 0.323 e. The second kappa shape index (κ2) is 7.23. The third kappa shape index (κ3) is 3.43. The first-order valence-corrected chi connectivity index (χ1v) is 9.35. The van der Waals surface area contributed by atoms with Crippen molar-refractivity contribution in [3.63, 3.8) is 0 Å². The lowest BCUT2D eigenvalue weighted by Crippen LogP contribution is -2.29. The molecule has 0 bridgehead atoms. The van der Waals surface area contributed by atoms with Crippen LogP contribution in [0.15, 0.2) is 48.7 Å². The van der Waals surface area contributed by atoms with Gasteiger partial charge in [-0.2, -0.15) is 17.8 Å². The number of rotatable bonds is 4. The predicted molar refractivity (Wildman–Crippen MR) is 102 cm³/mol. The molecule has 138 valence electrons. The first-order valence-electron chi connectivity index (χ1n) is 7.95. The van der Waals surface area contributed by atoms with Crippen molar-refractivity contribution in [2.24, 2.45) is 0 Å². The highest BCUT2D eigenvalue weighted by atomic mass is 32.2. The van der Waals surface area contributed by atoms with E-state index in [9.17, 15) is 13.2 Å². The Morgan fingerprint density at radius 1 is 1.15 bits per heavy atom. The van der Waals surface area contributed by atoms with E-state index >= 15 is 0 Å². The number of fused-ring (bicyclic) bond motifs is 1. The highest BCUT2D eigenvalue weighted by Gasteiger charge is 2.25. The van der Waals surface area contributed by atoms with Gasteiger partial charge in [0.15, 0.2) is 5.75 Å². The number of hydrogen-bond donors (Lipinski definition) is 0. The first-order chi connectivity index (χ1) is 12.9. The molecule has 0 spiro atoms. The summed E-state index contributed by atoms with van der Waals surface area (Å²) >= 11 is 0. The van der Waals surface area contributed by atoms with E-state index in [0.29, 0.717) is 10.9 Å². The van der Waals surface area contributed by atoms with Gasteiger partial charge in [0.05, 0.1) is 18.9 Å². The van der Waals surface area contributed by atoms with Crippen LogP contribution in [0.1, 0.15) is 15.9 Å². The topological polar surface area (TPSA) is 81.5 Å². The van der Waals surface area contributed by atoms with Gasteiger partial charge in [0.25, 0.3) is 0 Å². The summed E-state index contributed by atoms with van der Waals surface area (Å²) in [5.41, 5.74) is 1.06. The molecule has 2 aromatic carbocycles. The number of Topliss-reactive ketones (excluding diaryl/α,β-unsaturated/α-hetero) is 1. The third-order valence-electron chi connectivity index (χ3n) is 3.88. The molecule has 3 aromatic rings. The van der Waals surface area contributed by atoms with E-state index in [2.05, 4.69) is 16.9 Å². The van der Waals surface area contributed by atoms with Crippen LogP contribution in [-0.4, -0.2) is 48.9 Å². The zero-order valence-corrected chi connectivity index (χ0v) is 15.8. The zero-order chi connectivity index (χ0) is 19.6. The fraction of sp³-hybridized carbons (Fsp3) is 0.158. The van der Waals surface area contributed by atoms with Crippen molar-refractivity contribution >= 4 is 26.9 Å². The summed E-state index contributed by atoms with van der Waals surface area (Å²) in [7, 11) is 0.289. The van der Waals surface area contributed by atoms with Crippen molar-refractivity contribution in [3.8, 4) is 17.6 Å². The number of benzene rings is 2. The van der Waals surface area contributed by atoms with Gasteiger partial charge in [-0.1, -0.05) is 30.2 Å². The molecule has 27 heavy (non-hydrogen) atoms. The van der Waals surface area contributed by atoms with Crippen molar-refractivity contribution < 1.29 is 17.9 Å². The maximum absolute atomic E-state index is 12.6. The second-order valence-corrected chi connectivity index (χ2v) is 7.78. The fourth-order valence-corrected chi connectivity index (χ4v) is 3.39. The Morgan fingerprint density at radius 2 is 1.85 bits per heavy atom. The average molecular weight is 383 g/mol. The number of methoxy groups -OCH3 is 1. The van der Waals surface area contributed by atoms with Gasteiger partial charge in [-0.15, -0.1) is 4.09 Å². The Bertz CT molecular complexity index is 1170. The van der Waals surface area contributed by atoms with Gasteiger partial charge in [-0.05, 0) is 24.1 Å². The summed E-state index contributed by atoms with van der Waals surface area (Å²) in [6.45, 7) is 0. The van der Waals surface area contributed by atoms with Crippen molar-refractivity contribution in [1.29, 1.82) is 0 Å². The molecule has 0 atom stereocenters. The van der Waals surface area contributed by atoms with E-state index < -0.39 is 16.0 Å². The molecule has 3 rings (SSSR count). The van der Waals surface area contributed by atoms with E-state index in [1.54, 1.807) is 24.3 Å². The highest BCUT2D eigenvalue weighted by Crippen LogP contribution is 2.31. The molecule has 0 aliphatic rings. The quantitative estimate of drug-likeness (QED) is 0.508. The molecule has 0 aliphatic heterocycles. The smallest absolute Gasteiger partial charge is 0.323 e. The molecule has 1 heterocycles. The summed E-state index contributed by atoms with van der Waals surface area (Å²) in [5, 5.41) is 4.48. The number of carbonyl (C=O) groups is 1. The molecule has 0 unspecified atom stereocenters. The van der Waals surface area contributed by atoms with Crippen LogP contribution in [0.25, 0.3) is 10.9 Å². The van der Waals surface area contributed by atoms with Crippen LogP contribution >= 0.6 is 0 Å². The van der Waals surface area contributed by atoms with E-state index in [-0.39, 0.29) is 16.8 Å². The van der Waals surface area contributed by atoms with Gasteiger partial charge in [0.1, 0.15) is 5.52 Å². The monoisotopic (exact) mass is 383 g/mol. The van der Waals surface area contributed by atoms with E-state index in [4.69, 9.17) is 4.74 Å². The normalized spacial score (nSPS) is 11.3. The van der Waals surface area contributed by atoms with Gasteiger partial charge in [0.2, 0.25) is 5.78 Å². The largest absolute Gasteiger partial charge is 0.494 e. The van der Waals surface area contributed by atoms with Crippen molar-refractivity contribution in [1.82, 2.24) is 13.5 Å². The Labute approximate surface area is 157 Å². The van der Waals surface area contributed by atoms with Crippen LogP contribution in [-0.2, 0) is 10.2 Å². The highest BCUT2D eigenvalue weighted by molar-refractivity contribution is 7.87. The van der Waals surface area contributed by atoms with Crippen LogP contribution in [0, 0.1) is 11.8 Å². The molecule has 0 N–H and O–H groups in total. The number of nitrogens with zero attached hydrogens (tertiary/aromatic N) is 3.